The fourth-order valence-corrected chi connectivity index (χ4v) is 4.01. The topological polar surface area (TPSA) is 59.1 Å². The molecule has 0 bridgehead atoms. The Kier molecular flexibility index (Phi) is 5.67. The zero-order valence-corrected chi connectivity index (χ0v) is 16.2. The van der Waals surface area contributed by atoms with E-state index in [1.807, 2.05) is 30.3 Å². The largest absolute Gasteiger partial charge is 0.506 e. The van der Waals surface area contributed by atoms with Crippen LogP contribution in [0.2, 0.25) is 0 Å². The van der Waals surface area contributed by atoms with Crippen molar-refractivity contribution >= 4 is 23.0 Å². The number of phenolic OH excluding ortho intramolecular Hbond substituents is 1. The summed E-state index contributed by atoms with van der Waals surface area (Å²) in [5.74, 6) is 0.330. The quantitative estimate of drug-likeness (QED) is 0.835. The van der Waals surface area contributed by atoms with E-state index < -0.39 is 0 Å². The van der Waals surface area contributed by atoms with Crippen LogP contribution in [-0.2, 0) is 4.79 Å². The van der Waals surface area contributed by atoms with Gasteiger partial charge in [0.15, 0.2) is 0 Å². The Hall–Kier alpha value is -2.73. The summed E-state index contributed by atoms with van der Waals surface area (Å²) >= 11 is 0. The number of amides is 1. The van der Waals surface area contributed by atoms with Crippen LogP contribution >= 0.6 is 0 Å². The third-order valence-electron chi connectivity index (χ3n) is 5.58. The lowest BCUT2D eigenvalue weighted by Crippen LogP contribution is -2.48. The van der Waals surface area contributed by atoms with E-state index in [0.29, 0.717) is 12.3 Å². The van der Waals surface area contributed by atoms with E-state index in [-0.39, 0.29) is 5.91 Å². The minimum atomic E-state index is 0.0185. The molecule has 2 fully saturated rings. The Morgan fingerprint density at radius 3 is 2.21 bits per heavy atom. The minimum absolute atomic E-state index is 0.0185. The molecule has 2 aromatic rings. The third-order valence-corrected chi connectivity index (χ3v) is 5.58. The second-order valence-corrected chi connectivity index (χ2v) is 7.54. The van der Waals surface area contributed by atoms with Crippen LogP contribution in [0.1, 0.15) is 12.8 Å². The van der Waals surface area contributed by atoms with Crippen LogP contribution < -0.4 is 15.1 Å². The molecule has 0 aliphatic carbocycles. The second kappa shape index (κ2) is 8.52. The van der Waals surface area contributed by atoms with E-state index in [0.717, 1.165) is 50.6 Å². The van der Waals surface area contributed by atoms with Gasteiger partial charge in [0.05, 0.1) is 12.2 Å². The monoisotopic (exact) mass is 380 g/mol. The van der Waals surface area contributed by atoms with E-state index in [1.54, 1.807) is 6.07 Å². The molecule has 0 saturated carbocycles. The number of nitrogens with zero attached hydrogens (tertiary/aromatic N) is 3. The molecular formula is C22H28N4O2. The Labute approximate surface area is 166 Å². The number of benzene rings is 2. The number of para-hydroxylation sites is 2. The Morgan fingerprint density at radius 2 is 1.54 bits per heavy atom. The van der Waals surface area contributed by atoms with E-state index >= 15 is 0 Å². The van der Waals surface area contributed by atoms with E-state index in [4.69, 9.17) is 0 Å². The molecule has 6 heteroatoms. The van der Waals surface area contributed by atoms with Crippen LogP contribution in [0.3, 0.4) is 0 Å². The molecule has 0 unspecified atom stereocenters. The number of anilines is 3. The van der Waals surface area contributed by atoms with Crippen molar-refractivity contribution in [3.8, 4) is 5.75 Å². The van der Waals surface area contributed by atoms with E-state index in [9.17, 15) is 9.90 Å². The van der Waals surface area contributed by atoms with Crippen molar-refractivity contribution in [1.29, 1.82) is 0 Å². The Balaban J connectivity index is 1.25. The summed E-state index contributed by atoms with van der Waals surface area (Å²) in [4.78, 5) is 19.1. The zero-order chi connectivity index (χ0) is 19.3. The number of hydrogen-bond donors (Lipinski definition) is 2. The SMILES string of the molecule is O=C(CN1CCN(c2ccccc2O)CC1)Nc1ccc(N2CCCC2)cc1. The molecule has 2 aliphatic rings. The van der Waals surface area contributed by atoms with Gasteiger partial charge in [-0.3, -0.25) is 9.69 Å². The van der Waals surface area contributed by atoms with Crippen LogP contribution in [0.4, 0.5) is 17.1 Å². The standard InChI is InChI=1S/C22H28N4O2/c27-21-6-2-1-5-20(21)26-15-13-24(14-16-26)17-22(28)23-18-7-9-19(10-8-18)25-11-3-4-12-25/h1-2,5-10,27H,3-4,11-17H2,(H,23,28). The smallest absolute Gasteiger partial charge is 0.238 e. The number of carbonyl (C=O) groups excluding carboxylic acids is 1. The molecule has 2 N–H and O–H groups in total. The number of nitrogens with one attached hydrogen (secondary N) is 1. The van der Waals surface area contributed by atoms with Gasteiger partial charge >= 0.3 is 0 Å². The summed E-state index contributed by atoms with van der Waals surface area (Å²) in [6, 6.07) is 15.6. The fourth-order valence-electron chi connectivity index (χ4n) is 4.01. The molecule has 4 rings (SSSR count). The number of piperazine rings is 1. The molecule has 2 aliphatic heterocycles. The van der Waals surface area contributed by atoms with Gasteiger partial charge in [-0.25, -0.2) is 0 Å². The predicted octanol–water partition coefficient (Wildman–Crippen LogP) is 2.75. The molecule has 148 valence electrons. The van der Waals surface area contributed by atoms with Crippen molar-refractivity contribution in [3.63, 3.8) is 0 Å². The third kappa shape index (κ3) is 4.39. The molecule has 0 atom stereocenters. The van der Waals surface area contributed by atoms with Gasteiger partial charge in [-0.1, -0.05) is 12.1 Å². The van der Waals surface area contributed by atoms with Crippen molar-refractivity contribution in [2.45, 2.75) is 12.8 Å². The summed E-state index contributed by atoms with van der Waals surface area (Å²) in [6.07, 6.45) is 2.52. The number of carbonyl (C=O) groups is 1. The molecule has 0 spiro atoms. The highest BCUT2D eigenvalue weighted by molar-refractivity contribution is 5.92. The summed E-state index contributed by atoms with van der Waals surface area (Å²) in [5.41, 5.74) is 2.95. The van der Waals surface area contributed by atoms with Crippen LogP contribution in [0.25, 0.3) is 0 Å². The average molecular weight is 380 g/mol. The summed E-state index contributed by atoms with van der Waals surface area (Å²) in [6.45, 7) is 5.84. The first-order valence-corrected chi connectivity index (χ1v) is 10.1. The first kappa shape index (κ1) is 18.6. The van der Waals surface area contributed by atoms with Crippen molar-refractivity contribution < 1.29 is 9.90 Å². The minimum Gasteiger partial charge on any atom is -0.506 e. The first-order chi connectivity index (χ1) is 13.7. The van der Waals surface area contributed by atoms with Crippen LogP contribution in [0.15, 0.2) is 48.5 Å². The van der Waals surface area contributed by atoms with E-state index in [2.05, 4.69) is 32.1 Å². The number of rotatable bonds is 5. The van der Waals surface area contributed by atoms with Crippen LogP contribution in [0.5, 0.6) is 5.75 Å². The maximum atomic E-state index is 12.4. The van der Waals surface area contributed by atoms with Gasteiger partial charge in [-0.2, -0.15) is 0 Å². The summed E-state index contributed by atoms with van der Waals surface area (Å²) in [5, 5.41) is 13.0. The van der Waals surface area contributed by atoms with Gasteiger partial charge in [-0.15, -0.1) is 0 Å². The zero-order valence-electron chi connectivity index (χ0n) is 16.2. The van der Waals surface area contributed by atoms with Gasteiger partial charge in [0.2, 0.25) is 5.91 Å². The van der Waals surface area contributed by atoms with Crippen LogP contribution in [-0.4, -0.2) is 61.7 Å². The molecule has 0 radical (unpaired) electrons. The molecule has 2 heterocycles. The Bertz CT molecular complexity index is 794. The van der Waals surface area contributed by atoms with Gasteiger partial charge < -0.3 is 20.2 Å². The van der Waals surface area contributed by atoms with Gasteiger partial charge in [0, 0.05) is 50.6 Å². The van der Waals surface area contributed by atoms with Gasteiger partial charge in [0.1, 0.15) is 5.75 Å². The predicted molar refractivity (Wildman–Crippen MR) is 113 cm³/mol. The second-order valence-electron chi connectivity index (χ2n) is 7.54. The first-order valence-electron chi connectivity index (χ1n) is 10.1. The normalized spacial score (nSPS) is 17.7. The molecule has 1 amide bonds. The number of phenols is 1. The number of aromatic hydroxyl groups is 1. The molecule has 28 heavy (non-hydrogen) atoms. The van der Waals surface area contributed by atoms with Crippen molar-refractivity contribution in [3.05, 3.63) is 48.5 Å². The van der Waals surface area contributed by atoms with Crippen molar-refractivity contribution in [2.24, 2.45) is 0 Å². The van der Waals surface area contributed by atoms with Gasteiger partial charge in [0.25, 0.3) is 0 Å². The highest BCUT2D eigenvalue weighted by Crippen LogP contribution is 2.27. The lowest BCUT2D eigenvalue weighted by atomic mass is 10.2. The summed E-state index contributed by atoms with van der Waals surface area (Å²) in [7, 11) is 0. The summed E-state index contributed by atoms with van der Waals surface area (Å²) < 4.78 is 0. The molecular weight excluding hydrogens is 352 g/mol. The fraction of sp³-hybridized carbons (Fsp3) is 0.409. The molecule has 0 aromatic heterocycles. The van der Waals surface area contributed by atoms with E-state index in [1.165, 1.54) is 18.5 Å². The maximum absolute atomic E-state index is 12.4. The lowest BCUT2D eigenvalue weighted by molar-refractivity contribution is -0.117. The molecule has 2 saturated heterocycles. The number of hydrogen-bond acceptors (Lipinski definition) is 5. The van der Waals surface area contributed by atoms with Crippen molar-refractivity contribution in [2.75, 3.05) is 60.9 Å². The maximum Gasteiger partial charge on any atom is 0.238 e. The highest BCUT2D eigenvalue weighted by atomic mass is 16.3. The Morgan fingerprint density at radius 1 is 0.857 bits per heavy atom. The lowest BCUT2D eigenvalue weighted by Gasteiger charge is -2.35. The average Bonchev–Trinajstić information content (AvgIpc) is 3.24. The van der Waals surface area contributed by atoms with Crippen molar-refractivity contribution in [1.82, 2.24) is 4.90 Å². The molecule has 2 aromatic carbocycles. The van der Waals surface area contributed by atoms with Crippen LogP contribution in [0, 0.1) is 0 Å². The highest BCUT2D eigenvalue weighted by Gasteiger charge is 2.20. The van der Waals surface area contributed by atoms with Gasteiger partial charge in [-0.05, 0) is 49.2 Å². The molecule has 6 nitrogen and oxygen atoms in total.